The second kappa shape index (κ2) is 9.30. The first-order valence-corrected chi connectivity index (χ1v) is 10.9. The van der Waals surface area contributed by atoms with E-state index in [1.807, 2.05) is 36.4 Å². The second-order valence-electron chi connectivity index (χ2n) is 7.94. The molecule has 7 heteroatoms. The van der Waals surface area contributed by atoms with Gasteiger partial charge in [0, 0.05) is 16.0 Å². The van der Waals surface area contributed by atoms with E-state index in [0.717, 1.165) is 10.6 Å². The molecule has 4 aromatic rings. The highest BCUT2D eigenvalue weighted by atomic mass is 35.5. The number of amides is 3. The number of aromatic nitrogens is 1. The number of halogens is 1. The molecule has 0 aliphatic heterocycles. The molecule has 166 valence electrons. The molecule has 0 atom stereocenters. The molecule has 0 fully saturated rings. The Bertz CT molecular complexity index is 1340. The maximum absolute atomic E-state index is 13.3. The topological polar surface area (TPSA) is 88.3 Å². The van der Waals surface area contributed by atoms with Crippen LogP contribution in [-0.2, 0) is 0 Å². The van der Waals surface area contributed by atoms with Gasteiger partial charge in [0.15, 0.2) is 0 Å². The summed E-state index contributed by atoms with van der Waals surface area (Å²) < 4.78 is 0. The highest BCUT2D eigenvalue weighted by molar-refractivity contribution is 6.31. The van der Waals surface area contributed by atoms with Gasteiger partial charge in [-0.1, -0.05) is 74.0 Å². The van der Waals surface area contributed by atoms with Gasteiger partial charge in [-0.2, -0.15) is 0 Å². The summed E-state index contributed by atoms with van der Waals surface area (Å²) in [6.45, 7) is 4.27. The van der Waals surface area contributed by atoms with Crippen molar-refractivity contribution in [1.82, 2.24) is 10.4 Å². The fourth-order valence-corrected chi connectivity index (χ4v) is 3.76. The number of nitrogens with zero attached hydrogens (tertiary/aromatic N) is 2. The van der Waals surface area contributed by atoms with Crippen LogP contribution >= 0.6 is 11.6 Å². The normalized spacial score (nSPS) is 10.9. The van der Waals surface area contributed by atoms with Gasteiger partial charge in [0.25, 0.3) is 5.91 Å². The molecule has 0 aliphatic carbocycles. The summed E-state index contributed by atoms with van der Waals surface area (Å²) in [6, 6.07) is 22.9. The van der Waals surface area contributed by atoms with Crippen LogP contribution in [0.4, 0.5) is 10.5 Å². The van der Waals surface area contributed by atoms with Gasteiger partial charge in [0.1, 0.15) is 0 Å². The fourth-order valence-electron chi connectivity index (χ4n) is 3.57. The summed E-state index contributed by atoms with van der Waals surface area (Å²) >= 11 is 6.04. The van der Waals surface area contributed by atoms with Gasteiger partial charge in [-0.25, -0.2) is 14.8 Å². The van der Waals surface area contributed by atoms with Crippen molar-refractivity contribution in [3.63, 3.8) is 0 Å². The van der Waals surface area contributed by atoms with Crippen LogP contribution in [0.1, 0.15) is 35.7 Å². The number of primary amides is 1. The molecule has 3 amide bonds. The fraction of sp³-hybridized carbons (Fsp3) is 0.115. The summed E-state index contributed by atoms with van der Waals surface area (Å²) in [7, 11) is 0. The molecule has 0 bridgehead atoms. The Morgan fingerprint density at radius 3 is 2.36 bits per heavy atom. The monoisotopic (exact) mass is 458 g/mol. The first-order chi connectivity index (χ1) is 15.8. The minimum absolute atomic E-state index is 0.353. The van der Waals surface area contributed by atoms with Gasteiger partial charge in [0.2, 0.25) is 0 Å². The predicted octanol–water partition coefficient (Wildman–Crippen LogP) is 5.91. The van der Waals surface area contributed by atoms with Crippen molar-refractivity contribution in [3.8, 4) is 11.3 Å². The molecule has 0 saturated heterocycles. The van der Waals surface area contributed by atoms with Crippen LogP contribution in [0.5, 0.6) is 0 Å². The third-order valence-corrected chi connectivity index (χ3v) is 5.57. The standard InChI is InChI=1S/C26H23ClN4O2/c1-16(2)17-10-12-18(13-11-17)24-15-22(21-8-3-4-9-23(21)29-24)25(32)30-31(26(28)33)20-7-5-6-19(27)14-20/h3-16H,1-2H3,(H2,28,33)(H,30,32). The Morgan fingerprint density at radius 1 is 0.970 bits per heavy atom. The number of carbonyl (C=O) groups excluding carboxylic acids is 2. The van der Waals surface area contributed by atoms with Gasteiger partial charge >= 0.3 is 6.03 Å². The highest BCUT2D eigenvalue weighted by Gasteiger charge is 2.20. The zero-order valence-electron chi connectivity index (χ0n) is 18.2. The van der Waals surface area contributed by atoms with E-state index < -0.39 is 11.9 Å². The number of hydrazine groups is 1. The van der Waals surface area contributed by atoms with Crippen LogP contribution in [0.3, 0.4) is 0 Å². The van der Waals surface area contributed by atoms with Crippen molar-refractivity contribution >= 4 is 40.1 Å². The number of anilines is 1. The summed E-state index contributed by atoms with van der Waals surface area (Å²) in [4.78, 5) is 30.2. The quantitative estimate of drug-likeness (QED) is 0.372. The molecule has 3 N–H and O–H groups in total. The first-order valence-electron chi connectivity index (χ1n) is 10.5. The van der Waals surface area contributed by atoms with Crippen molar-refractivity contribution in [2.75, 3.05) is 5.01 Å². The van der Waals surface area contributed by atoms with Gasteiger partial charge in [-0.3, -0.25) is 10.2 Å². The molecule has 4 rings (SSSR count). The van der Waals surface area contributed by atoms with E-state index in [9.17, 15) is 9.59 Å². The predicted molar refractivity (Wildman–Crippen MR) is 132 cm³/mol. The molecule has 33 heavy (non-hydrogen) atoms. The summed E-state index contributed by atoms with van der Waals surface area (Å²) in [5, 5.41) is 2.04. The number of carbonyl (C=O) groups is 2. The van der Waals surface area contributed by atoms with Gasteiger partial charge in [-0.05, 0) is 41.8 Å². The van der Waals surface area contributed by atoms with E-state index in [-0.39, 0.29) is 0 Å². The van der Waals surface area contributed by atoms with Crippen LogP contribution < -0.4 is 16.2 Å². The summed E-state index contributed by atoms with van der Waals surface area (Å²) in [5.41, 5.74) is 12.3. The minimum atomic E-state index is -0.839. The van der Waals surface area contributed by atoms with Gasteiger partial charge in [0.05, 0.1) is 22.5 Å². The number of nitrogens with two attached hydrogens (primary N) is 1. The zero-order valence-corrected chi connectivity index (χ0v) is 19.0. The third kappa shape index (κ3) is 4.81. The number of benzene rings is 3. The maximum Gasteiger partial charge on any atom is 0.338 e. The molecule has 0 aliphatic rings. The Morgan fingerprint density at radius 2 is 1.70 bits per heavy atom. The van der Waals surface area contributed by atoms with E-state index in [2.05, 4.69) is 31.4 Å². The molecule has 0 spiro atoms. The number of pyridine rings is 1. The Balaban J connectivity index is 1.75. The van der Waals surface area contributed by atoms with E-state index in [0.29, 0.717) is 38.8 Å². The van der Waals surface area contributed by atoms with Crippen LogP contribution in [0, 0.1) is 0 Å². The summed E-state index contributed by atoms with van der Waals surface area (Å²) in [6.07, 6.45) is 0. The van der Waals surface area contributed by atoms with E-state index in [1.54, 1.807) is 30.3 Å². The number of urea groups is 1. The molecule has 0 unspecified atom stereocenters. The molecule has 1 heterocycles. The lowest BCUT2D eigenvalue weighted by Crippen LogP contribution is -2.49. The SMILES string of the molecule is CC(C)c1ccc(-c2cc(C(=O)NN(C(N)=O)c3cccc(Cl)c3)c3ccccc3n2)cc1. The number of fused-ring (bicyclic) bond motifs is 1. The molecule has 0 saturated carbocycles. The largest absolute Gasteiger partial charge is 0.350 e. The number of hydrogen-bond donors (Lipinski definition) is 2. The third-order valence-electron chi connectivity index (χ3n) is 5.33. The van der Waals surface area contributed by atoms with Crippen molar-refractivity contribution in [1.29, 1.82) is 0 Å². The first kappa shape index (κ1) is 22.3. The molecule has 1 aromatic heterocycles. The number of rotatable bonds is 4. The van der Waals surface area contributed by atoms with Crippen molar-refractivity contribution in [2.24, 2.45) is 5.73 Å². The lowest BCUT2D eigenvalue weighted by molar-refractivity contribution is 0.0952. The number of para-hydroxylation sites is 1. The number of nitrogens with one attached hydrogen (secondary N) is 1. The zero-order chi connectivity index (χ0) is 23.5. The number of hydrogen-bond acceptors (Lipinski definition) is 3. The lowest BCUT2D eigenvalue weighted by atomic mass is 9.99. The van der Waals surface area contributed by atoms with Gasteiger partial charge < -0.3 is 5.73 Å². The smallest absolute Gasteiger partial charge is 0.338 e. The Labute approximate surface area is 197 Å². The van der Waals surface area contributed by atoms with Crippen LogP contribution in [0.15, 0.2) is 78.9 Å². The minimum Gasteiger partial charge on any atom is -0.350 e. The molecule has 3 aromatic carbocycles. The van der Waals surface area contributed by atoms with E-state index in [4.69, 9.17) is 22.3 Å². The van der Waals surface area contributed by atoms with Crippen molar-refractivity contribution in [2.45, 2.75) is 19.8 Å². The van der Waals surface area contributed by atoms with Crippen LogP contribution in [0.2, 0.25) is 5.02 Å². The average molecular weight is 459 g/mol. The molecule has 0 radical (unpaired) electrons. The van der Waals surface area contributed by atoms with Crippen molar-refractivity contribution < 1.29 is 9.59 Å². The Kier molecular flexibility index (Phi) is 6.29. The average Bonchev–Trinajstić information content (AvgIpc) is 2.81. The maximum atomic E-state index is 13.3. The molecular formula is C26H23ClN4O2. The molecule has 6 nitrogen and oxygen atoms in total. The van der Waals surface area contributed by atoms with E-state index >= 15 is 0 Å². The van der Waals surface area contributed by atoms with Gasteiger partial charge in [-0.15, -0.1) is 0 Å². The van der Waals surface area contributed by atoms with E-state index in [1.165, 1.54) is 5.56 Å². The highest BCUT2D eigenvalue weighted by Crippen LogP contribution is 2.27. The van der Waals surface area contributed by atoms with Crippen LogP contribution in [-0.4, -0.2) is 16.9 Å². The van der Waals surface area contributed by atoms with Crippen LogP contribution in [0.25, 0.3) is 22.2 Å². The van der Waals surface area contributed by atoms with Crippen molar-refractivity contribution in [3.05, 3.63) is 95.0 Å². The Hall–Kier alpha value is -3.90. The lowest BCUT2D eigenvalue weighted by Gasteiger charge is -2.22. The summed E-state index contributed by atoms with van der Waals surface area (Å²) in [5.74, 6) is -0.0800. The second-order valence-corrected chi connectivity index (χ2v) is 8.38. The molecular weight excluding hydrogens is 436 g/mol.